The molecule has 188 valence electrons. The lowest BCUT2D eigenvalue weighted by molar-refractivity contribution is -0.177. The number of carbonyl (C=O) groups is 1. The molecule has 2 fully saturated rings. The summed E-state index contributed by atoms with van der Waals surface area (Å²) in [5, 5.41) is 0. The van der Waals surface area contributed by atoms with Gasteiger partial charge in [0.15, 0.2) is 5.78 Å². The van der Waals surface area contributed by atoms with Crippen molar-refractivity contribution >= 4 is 15.8 Å². The average Bonchev–Trinajstić information content (AvgIpc) is 3.35. The number of benzene rings is 2. The molecule has 0 N–H and O–H groups in total. The third kappa shape index (κ3) is 4.49. The zero-order valence-corrected chi connectivity index (χ0v) is 20.4. The average molecular weight is 505 g/mol. The number of Topliss-reactive ketones (excluding diaryl/α,β-unsaturated/α-hetero) is 1. The van der Waals surface area contributed by atoms with E-state index >= 15 is 0 Å². The molecule has 0 amide bonds. The third-order valence-electron chi connectivity index (χ3n) is 7.10. The highest BCUT2D eigenvalue weighted by Crippen LogP contribution is 2.46. The zero-order valence-electron chi connectivity index (χ0n) is 19.6. The van der Waals surface area contributed by atoms with Gasteiger partial charge in [0.1, 0.15) is 11.6 Å². The number of ketones is 1. The Kier molecular flexibility index (Phi) is 6.67. The van der Waals surface area contributed by atoms with Crippen molar-refractivity contribution in [3.05, 3.63) is 59.4 Å². The van der Waals surface area contributed by atoms with Gasteiger partial charge in [0, 0.05) is 24.6 Å². The summed E-state index contributed by atoms with van der Waals surface area (Å²) in [6, 6.07) is 10.6. The molecule has 3 aliphatic rings. The van der Waals surface area contributed by atoms with E-state index in [0.29, 0.717) is 62.6 Å². The van der Waals surface area contributed by atoms with Crippen molar-refractivity contribution in [2.24, 2.45) is 5.92 Å². The molecule has 0 radical (unpaired) electrons. The first-order chi connectivity index (χ1) is 16.8. The number of nitrogens with zero attached hydrogens (tertiary/aromatic N) is 2. The first-order valence-electron chi connectivity index (χ1n) is 11.8. The Balaban J connectivity index is 1.26. The van der Waals surface area contributed by atoms with Crippen LogP contribution in [-0.4, -0.2) is 76.5 Å². The second-order valence-corrected chi connectivity index (χ2v) is 11.0. The van der Waals surface area contributed by atoms with E-state index in [1.165, 1.54) is 35.7 Å². The summed E-state index contributed by atoms with van der Waals surface area (Å²) in [6.07, 6.45) is 1.36. The second-order valence-electron chi connectivity index (χ2n) is 9.11. The van der Waals surface area contributed by atoms with Gasteiger partial charge in [0.05, 0.1) is 37.3 Å². The van der Waals surface area contributed by atoms with Crippen LogP contribution in [0.3, 0.4) is 0 Å². The van der Waals surface area contributed by atoms with Crippen LogP contribution in [0.1, 0.15) is 28.8 Å². The summed E-state index contributed by atoms with van der Waals surface area (Å²) in [5.74, 6) is -1.19. The van der Waals surface area contributed by atoms with Gasteiger partial charge in [0.2, 0.25) is 15.8 Å². The molecule has 0 unspecified atom stereocenters. The van der Waals surface area contributed by atoms with E-state index in [4.69, 9.17) is 14.2 Å². The standard InChI is InChI=1S/C25H29FN2O6S/c1-32-21-3-2-4-22-23(21)25(33-15-16-34-25)17-28(35(22,30)31)14-13-27-11-9-19(10-12-27)24(29)18-5-7-20(26)8-6-18/h2-8,19H,9-17H2,1H3. The molecule has 2 saturated heterocycles. The lowest BCUT2D eigenvalue weighted by Gasteiger charge is -2.41. The van der Waals surface area contributed by atoms with E-state index in [1.807, 2.05) is 0 Å². The third-order valence-corrected chi connectivity index (χ3v) is 8.99. The predicted octanol–water partition coefficient (Wildman–Crippen LogP) is 2.63. The summed E-state index contributed by atoms with van der Waals surface area (Å²) in [6.45, 7) is 3.00. The van der Waals surface area contributed by atoms with Gasteiger partial charge in [-0.25, -0.2) is 12.8 Å². The molecule has 0 bridgehead atoms. The zero-order chi connectivity index (χ0) is 24.6. The second kappa shape index (κ2) is 9.59. The van der Waals surface area contributed by atoms with E-state index in [-0.39, 0.29) is 35.5 Å². The molecular formula is C25H29FN2O6S. The van der Waals surface area contributed by atoms with Crippen LogP contribution in [-0.2, 0) is 25.3 Å². The highest BCUT2D eigenvalue weighted by Gasteiger charge is 2.52. The minimum Gasteiger partial charge on any atom is -0.496 e. The van der Waals surface area contributed by atoms with Gasteiger partial charge in [0.25, 0.3) is 0 Å². The van der Waals surface area contributed by atoms with Gasteiger partial charge in [-0.1, -0.05) is 6.07 Å². The van der Waals surface area contributed by atoms with Gasteiger partial charge in [-0.15, -0.1) is 0 Å². The molecule has 2 aromatic carbocycles. The van der Waals surface area contributed by atoms with E-state index in [1.54, 1.807) is 18.2 Å². The number of hydrogen-bond donors (Lipinski definition) is 0. The minimum atomic E-state index is -3.76. The quantitative estimate of drug-likeness (QED) is 0.559. The maximum Gasteiger partial charge on any atom is 0.243 e. The Morgan fingerprint density at radius 3 is 2.43 bits per heavy atom. The van der Waals surface area contributed by atoms with Crippen molar-refractivity contribution in [1.82, 2.24) is 9.21 Å². The van der Waals surface area contributed by atoms with E-state index < -0.39 is 15.8 Å². The molecule has 5 rings (SSSR count). The smallest absolute Gasteiger partial charge is 0.243 e. The van der Waals surface area contributed by atoms with Crippen molar-refractivity contribution < 1.29 is 31.8 Å². The SMILES string of the molecule is COc1cccc2c1C1(CN(CCN3CCC(C(=O)c4ccc(F)cc4)CC3)S2(=O)=O)OCCO1. The lowest BCUT2D eigenvalue weighted by atomic mass is 9.89. The molecular weight excluding hydrogens is 475 g/mol. The number of halogens is 1. The van der Waals surface area contributed by atoms with Gasteiger partial charge in [-0.2, -0.15) is 4.31 Å². The lowest BCUT2D eigenvalue weighted by Crippen LogP contribution is -2.52. The highest BCUT2D eigenvalue weighted by molar-refractivity contribution is 7.89. The Bertz CT molecular complexity index is 1190. The van der Waals surface area contributed by atoms with Gasteiger partial charge < -0.3 is 19.1 Å². The van der Waals surface area contributed by atoms with Crippen molar-refractivity contribution in [3.63, 3.8) is 0 Å². The summed E-state index contributed by atoms with van der Waals surface area (Å²) in [5.41, 5.74) is 0.955. The van der Waals surface area contributed by atoms with Crippen molar-refractivity contribution in [1.29, 1.82) is 0 Å². The van der Waals surface area contributed by atoms with Crippen LogP contribution in [0.15, 0.2) is 47.4 Å². The summed E-state index contributed by atoms with van der Waals surface area (Å²) >= 11 is 0. The maximum atomic E-state index is 13.5. The Labute approximate surface area is 204 Å². The molecule has 0 saturated carbocycles. The number of methoxy groups -OCH3 is 1. The van der Waals surface area contributed by atoms with Crippen molar-refractivity contribution in [3.8, 4) is 5.75 Å². The topological polar surface area (TPSA) is 85.4 Å². The molecule has 0 aliphatic carbocycles. The predicted molar refractivity (Wildman–Crippen MR) is 125 cm³/mol. The number of ether oxygens (including phenoxy) is 3. The Morgan fingerprint density at radius 2 is 1.77 bits per heavy atom. The number of carbonyl (C=O) groups excluding carboxylic acids is 1. The van der Waals surface area contributed by atoms with Gasteiger partial charge in [-0.3, -0.25) is 4.79 Å². The number of hydrogen-bond acceptors (Lipinski definition) is 7. The van der Waals surface area contributed by atoms with Crippen LogP contribution in [0.4, 0.5) is 4.39 Å². The van der Waals surface area contributed by atoms with E-state index in [2.05, 4.69) is 4.90 Å². The van der Waals surface area contributed by atoms with Crippen LogP contribution in [0, 0.1) is 11.7 Å². The monoisotopic (exact) mass is 504 g/mol. The maximum absolute atomic E-state index is 13.5. The fraction of sp³-hybridized carbons (Fsp3) is 0.480. The van der Waals surface area contributed by atoms with Crippen molar-refractivity contribution in [2.75, 3.05) is 53.0 Å². The van der Waals surface area contributed by atoms with E-state index in [9.17, 15) is 17.6 Å². The molecule has 35 heavy (non-hydrogen) atoms. The van der Waals surface area contributed by atoms with Gasteiger partial charge >= 0.3 is 0 Å². The number of fused-ring (bicyclic) bond motifs is 2. The van der Waals surface area contributed by atoms with Crippen molar-refractivity contribution in [2.45, 2.75) is 23.5 Å². The first kappa shape index (κ1) is 24.3. The number of piperidine rings is 1. The van der Waals surface area contributed by atoms with Gasteiger partial charge in [-0.05, 0) is 62.3 Å². The van der Waals surface area contributed by atoms with Crippen LogP contribution in [0.2, 0.25) is 0 Å². The minimum absolute atomic E-state index is 0.0336. The fourth-order valence-electron chi connectivity index (χ4n) is 5.22. The largest absolute Gasteiger partial charge is 0.496 e. The molecule has 3 heterocycles. The molecule has 8 nitrogen and oxygen atoms in total. The Morgan fingerprint density at radius 1 is 1.09 bits per heavy atom. The summed E-state index contributed by atoms with van der Waals surface area (Å²) < 4.78 is 58.9. The molecule has 3 aliphatic heterocycles. The van der Waals surface area contributed by atoms with Crippen LogP contribution < -0.4 is 4.74 Å². The molecule has 0 aromatic heterocycles. The molecule has 10 heteroatoms. The Hall–Kier alpha value is -2.37. The van der Waals surface area contributed by atoms with E-state index in [0.717, 1.165) is 0 Å². The number of sulfonamides is 1. The normalized spacial score (nSPS) is 22.2. The van der Waals surface area contributed by atoms with Crippen LogP contribution in [0.25, 0.3) is 0 Å². The molecule has 0 atom stereocenters. The molecule has 2 aromatic rings. The summed E-state index contributed by atoms with van der Waals surface area (Å²) in [4.78, 5) is 15.1. The first-order valence-corrected chi connectivity index (χ1v) is 13.3. The number of rotatable bonds is 6. The summed E-state index contributed by atoms with van der Waals surface area (Å²) in [7, 11) is -2.26. The fourth-order valence-corrected chi connectivity index (χ4v) is 6.92. The highest BCUT2D eigenvalue weighted by atomic mass is 32.2. The number of likely N-dealkylation sites (tertiary alicyclic amines) is 1. The van der Waals surface area contributed by atoms with Crippen LogP contribution in [0.5, 0.6) is 5.75 Å². The van der Waals surface area contributed by atoms with Crippen LogP contribution >= 0.6 is 0 Å². The molecule has 1 spiro atoms.